The maximum absolute atomic E-state index is 4.80. The van der Waals surface area contributed by atoms with Gasteiger partial charge in [-0.2, -0.15) is 0 Å². The topological polar surface area (TPSA) is 12.4 Å². The Kier molecular flexibility index (Phi) is 2.09. The van der Waals surface area contributed by atoms with Crippen LogP contribution in [0.15, 0.2) is 40.8 Å². The van der Waals surface area contributed by atoms with E-state index in [9.17, 15) is 0 Å². The van der Waals surface area contributed by atoms with E-state index in [0.717, 1.165) is 0 Å². The SMILES string of the molecule is C1=CC2CC3CSC=CC3=NC2C=C1. The molecule has 0 fully saturated rings. The van der Waals surface area contributed by atoms with E-state index in [1.54, 1.807) is 0 Å². The fourth-order valence-electron chi connectivity index (χ4n) is 2.35. The fraction of sp³-hybridized carbons (Fsp3) is 0.417. The number of allylic oxidation sites excluding steroid dienone is 3. The van der Waals surface area contributed by atoms with Crippen molar-refractivity contribution in [3.05, 3.63) is 35.8 Å². The van der Waals surface area contributed by atoms with Crippen LogP contribution in [-0.4, -0.2) is 17.5 Å². The monoisotopic (exact) mass is 203 g/mol. The predicted octanol–water partition coefficient (Wildman–Crippen LogP) is 2.82. The van der Waals surface area contributed by atoms with Crippen molar-refractivity contribution in [3.63, 3.8) is 0 Å². The lowest BCUT2D eigenvalue weighted by Crippen LogP contribution is -2.32. The molecule has 1 nitrogen and oxygen atoms in total. The summed E-state index contributed by atoms with van der Waals surface area (Å²) < 4.78 is 0. The molecule has 3 aliphatic rings. The summed E-state index contributed by atoms with van der Waals surface area (Å²) in [6, 6.07) is 0.416. The molecule has 0 amide bonds. The lowest BCUT2D eigenvalue weighted by atomic mass is 9.82. The van der Waals surface area contributed by atoms with Crippen molar-refractivity contribution in [3.8, 4) is 0 Å². The zero-order valence-electron chi connectivity index (χ0n) is 7.97. The second-order valence-corrected chi connectivity index (χ2v) is 4.99. The molecule has 3 unspecified atom stereocenters. The van der Waals surface area contributed by atoms with Gasteiger partial charge in [0, 0.05) is 23.3 Å². The second kappa shape index (κ2) is 3.43. The third kappa shape index (κ3) is 1.38. The minimum Gasteiger partial charge on any atom is -0.281 e. The van der Waals surface area contributed by atoms with Gasteiger partial charge >= 0.3 is 0 Å². The lowest BCUT2D eigenvalue weighted by Gasteiger charge is -2.33. The summed E-state index contributed by atoms with van der Waals surface area (Å²) in [7, 11) is 0. The van der Waals surface area contributed by atoms with Crippen LogP contribution in [0, 0.1) is 11.8 Å². The highest BCUT2D eigenvalue weighted by molar-refractivity contribution is 8.02. The van der Waals surface area contributed by atoms with Crippen molar-refractivity contribution in [1.29, 1.82) is 0 Å². The van der Waals surface area contributed by atoms with Crippen molar-refractivity contribution in [2.45, 2.75) is 12.5 Å². The number of thioether (sulfide) groups is 1. The molecule has 2 heterocycles. The zero-order chi connectivity index (χ0) is 9.38. The molecule has 0 aromatic rings. The van der Waals surface area contributed by atoms with Crippen molar-refractivity contribution >= 4 is 17.5 Å². The Balaban J connectivity index is 1.95. The van der Waals surface area contributed by atoms with Crippen LogP contribution in [0.25, 0.3) is 0 Å². The molecule has 0 aromatic heterocycles. The number of nitrogens with zero attached hydrogens (tertiary/aromatic N) is 1. The van der Waals surface area contributed by atoms with Gasteiger partial charge in [0.05, 0.1) is 6.04 Å². The van der Waals surface area contributed by atoms with E-state index in [4.69, 9.17) is 4.99 Å². The average molecular weight is 203 g/mol. The zero-order valence-corrected chi connectivity index (χ0v) is 8.78. The van der Waals surface area contributed by atoms with Gasteiger partial charge in [-0.1, -0.05) is 24.3 Å². The van der Waals surface area contributed by atoms with Crippen molar-refractivity contribution in [2.75, 3.05) is 5.75 Å². The summed E-state index contributed by atoms with van der Waals surface area (Å²) in [5, 5.41) is 2.18. The van der Waals surface area contributed by atoms with Gasteiger partial charge in [0.15, 0.2) is 0 Å². The normalized spacial score (nSPS) is 38.9. The highest BCUT2D eigenvalue weighted by Crippen LogP contribution is 2.34. The van der Waals surface area contributed by atoms with Crippen LogP contribution in [0.3, 0.4) is 0 Å². The molecule has 1 aliphatic carbocycles. The van der Waals surface area contributed by atoms with Crippen molar-refractivity contribution in [2.24, 2.45) is 16.8 Å². The highest BCUT2D eigenvalue weighted by Gasteiger charge is 2.30. The molecule has 14 heavy (non-hydrogen) atoms. The number of aliphatic imine (C=N–C) groups is 1. The molecule has 2 aliphatic heterocycles. The molecule has 0 spiro atoms. The smallest absolute Gasteiger partial charge is 0.0749 e. The first kappa shape index (κ1) is 8.54. The molecule has 0 saturated heterocycles. The predicted molar refractivity (Wildman–Crippen MR) is 62.7 cm³/mol. The van der Waals surface area contributed by atoms with Crippen molar-refractivity contribution < 1.29 is 0 Å². The second-order valence-electron chi connectivity index (χ2n) is 4.05. The van der Waals surface area contributed by atoms with Gasteiger partial charge in [0.1, 0.15) is 0 Å². The number of rotatable bonds is 0. The minimum absolute atomic E-state index is 0.416. The Labute approximate surface area is 88.7 Å². The highest BCUT2D eigenvalue weighted by atomic mass is 32.2. The molecule has 3 atom stereocenters. The molecular weight excluding hydrogens is 190 g/mol. The van der Waals surface area contributed by atoms with Crippen molar-refractivity contribution in [1.82, 2.24) is 0 Å². The van der Waals surface area contributed by atoms with Gasteiger partial charge in [-0.05, 0) is 17.9 Å². The van der Waals surface area contributed by atoms with E-state index in [1.807, 2.05) is 11.8 Å². The van der Waals surface area contributed by atoms with Gasteiger partial charge < -0.3 is 0 Å². The van der Waals surface area contributed by atoms with E-state index < -0.39 is 0 Å². The maximum atomic E-state index is 4.80. The van der Waals surface area contributed by atoms with Gasteiger partial charge in [-0.25, -0.2) is 0 Å². The van der Waals surface area contributed by atoms with Crippen LogP contribution in [0.2, 0.25) is 0 Å². The molecule has 3 rings (SSSR count). The third-order valence-electron chi connectivity index (χ3n) is 3.12. The summed E-state index contributed by atoms with van der Waals surface area (Å²) in [5.74, 6) is 2.57. The third-order valence-corrected chi connectivity index (χ3v) is 4.05. The summed E-state index contributed by atoms with van der Waals surface area (Å²) in [4.78, 5) is 4.80. The Hall–Kier alpha value is -0.760. The van der Waals surface area contributed by atoms with E-state index in [-0.39, 0.29) is 0 Å². The number of hydrogen-bond donors (Lipinski definition) is 0. The first-order valence-electron chi connectivity index (χ1n) is 5.14. The Morgan fingerprint density at radius 2 is 2.21 bits per heavy atom. The van der Waals surface area contributed by atoms with E-state index in [2.05, 4.69) is 35.8 Å². The van der Waals surface area contributed by atoms with Gasteiger partial charge in [0.2, 0.25) is 0 Å². The summed E-state index contributed by atoms with van der Waals surface area (Å²) in [6.45, 7) is 0. The van der Waals surface area contributed by atoms with Gasteiger partial charge in [-0.3, -0.25) is 4.99 Å². The number of fused-ring (bicyclic) bond motifs is 2. The molecule has 0 radical (unpaired) electrons. The molecule has 0 aromatic carbocycles. The van der Waals surface area contributed by atoms with Crippen LogP contribution >= 0.6 is 11.8 Å². The average Bonchev–Trinajstić information content (AvgIpc) is 2.26. The summed E-state index contributed by atoms with van der Waals surface area (Å²) >= 11 is 1.92. The Morgan fingerprint density at radius 1 is 1.29 bits per heavy atom. The minimum atomic E-state index is 0.416. The van der Waals surface area contributed by atoms with Crippen LogP contribution < -0.4 is 0 Å². The lowest BCUT2D eigenvalue weighted by molar-refractivity contribution is 0.459. The first-order valence-corrected chi connectivity index (χ1v) is 6.19. The standard InChI is InChI=1S/C12H13NS/c1-2-4-11-9(3-1)7-10-8-14-6-5-12(10)13-11/h1-6,9-11H,7-8H2. The molecule has 72 valence electrons. The van der Waals surface area contributed by atoms with Crippen LogP contribution in [0.5, 0.6) is 0 Å². The van der Waals surface area contributed by atoms with E-state index >= 15 is 0 Å². The molecule has 0 saturated carbocycles. The summed E-state index contributed by atoms with van der Waals surface area (Å²) in [6.07, 6.45) is 12.3. The molecular formula is C12H13NS. The van der Waals surface area contributed by atoms with Crippen LogP contribution in [-0.2, 0) is 0 Å². The Bertz CT molecular complexity index is 351. The van der Waals surface area contributed by atoms with Gasteiger partial charge in [0.25, 0.3) is 0 Å². The largest absolute Gasteiger partial charge is 0.281 e. The fourth-order valence-corrected chi connectivity index (χ4v) is 3.23. The van der Waals surface area contributed by atoms with E-state index in [1.165, 1.54) is 17.9 Å². The Morgan fingerprint density at radius 3 is 3.21 bits per heavy atom. The van der Waals surface area contributed by atoms with E-state index in [0.29, 0.717) is 17.9 Å². The molecule has 2 heteroatoms. The van der Waals surface area contributed by atoms with Crippen LogP contribution in [0.1, 0.15) is 6.42 Å². The maximum Gasteiger partial charge on any atom is 0.0749 e. The van der Waals surface area contributed by atoms with Gasteiger partial charge in [-0.15, -0.1) is 11.8 Å². The first-order chi connectivity index (χ1) is 6.93. The summed E-state index contributed by atoms with van der Waals surface area (Å²) in [5.41, 5.74) is 1.32. The quantitative estimate of drug-likeness (QED) is 0.589. The number of hydrogen-bond acceptors (Lipinski definition) is 2. The van der Waals surface area contributed by atoms with Crippen LogP contribution in [0.4, 0.5) is 0 Å². The molecule has 0 bridgehead atoms. The molecule has 0 N–H and O–H groups in total.